The second-order valence-corrected chi connectivity index (χ2v) is 7.47. The van der Waals surface area contributed by atoms with Crippen LogP contribution in [-0.4, -0.2) is 23.7 Å². The van der Waals surface area contributed by atoms with E-state index in [4.69, 9.17) is 10.5 Å². The SMILES string of the molecule is CC(C)CN(CC(C)C)c1ccc(N)c(OC(C)(C)C)n1. The molecule has 0 aliphatic carbocycles. The minimum atomic E-state index is -0.305. The van der Waals surface area contributed by atoms with E-state index in [2.05, 4.69) is 37.6 Å². The highest BCUT2D eigenvalue weighted by Gasteiger charge is 2.18. The van der Waals surface area contributed by atoms with Gasteiger partial charge in [-0.05, 0) is 44.7 Å². The van der Waals surface area contributed by atoms with Gasteiger partial charge in [0.25, 0.3) is 0 Å². The van der Waals surface area contributed by atoms with Crippen LogP contribution in [0.3, 0.4) is 0 Å². The monoisotopic (exact) mass is 293 g/mol. The highest BCUT2D eigenvalue weighted by atomic mass is 16.5. The molecule has 1 rings (SSSR count). The van der Waals surface area contributed by atoms with E-state index in [-0.39, 0.29) is 5.60 Å². The van der Waals surface area contributed by atoms with E-state index in [1.807, 2.05) is 32.9 Å². The molecular formula is C17H31N3O. The predicted molar refractivity (Wildman–Crippen MR) is 90.9 cm³/mol. The Balaban J connectivity index is 3.05. The second-order valence-electron chi connectivity index (χ2n) is 7.47. The van der Waals surface area contributed by atoms with Crippen LogP contribution in [0.5, 0.6) is 5.88 Å². The fourth-order valence-corrected chi connectivity index (χ4v) is 2.13. The molecule has 0 aliphatic heterocycles. The molecule has 0 fully saturated rings. The summed E-state index contributed by atoms with van der Waals surface area (Å²) in [6.45, 7) is 16.8. The Kier molecular flexibility index (Phi) is 5.87. The summed E-state index contributed by atoms with van der Waals surface area (Å²) in [5.74, 6) is 2.62. The van der Waals surface area contributed by atoms with Crippen molar-refractivity contribution < 1.29 is 4.74 Å². The van der Waals surface area contributed by atoms with Crippen molar-refractivity contribution in [2.45, 2.75) is 54.1 Å². The second kappa shape index (κ2) is 7.01. The first-order valence-corrected chi connectivity index (χ1v) is 7.79. The molecule has 120 valence electrons. The van der Waals surface area contributed by atoms with Crippen molar-refractivity contribution >= 4 is 11.5 Å². The molecule has 0 saturated carbocycles. The lowest BCUT2D eigenvalue weighted by Crippen LogP contribution is -2.32. The molecule has 0 atom stereocenters. The first kappa shape index (κ1) is 17.6. The zero-order valence-corrected chi connectivity index (χ0v) is 14.6. The molecule has 0 aliphatic rings. The third-order valence-corrected chi connectivity index (χ3v) is 2.77. The lowest BCUT2D eigenvalue weighted by Gasteiger charge is -2.29. The minimum absolute atomic E-state index is 0.305. The summed E-state index contributed by atoms with van der Waals surface area (Å²) in [5, 5.41) is 0. The highest BCUT2D eigenvalue weighted by molar-refractivity contribution is 5.54. The standard InChI is InChI=1S/C17H31N3O/c1-12(2)10-20(11-13(3)4)15-9-8-14(18)16(19-15)21-17(5,6)7/h8-9,12-13H,10-11,18H2,1-7H3. The van der Waals surface area contributed by atoms with Crippen molar-refractivity contribution in [3.63, 3.8) is 0 Å². The Morgan fingerprint density at radius 1 is 1.10 bits per heavy atom. The number of nitrogens with zero attached hydrogens (tertiary/aromatic N) is 2. The third-order valence-electron chi connectivity index (χ3n) is 2.77. The molecule has 0 bridgehead atoms. The van der Waals surface area contributed by atoms with Gasteiger partial charge in [0.1, 0.15) is 11.4 Å². The van der Waals surface area contributed by atoms with Gasteiger partial charge in [-0.25, -0.2) is 0 Å². The van der Waals surface area contributed by atoms with Gasteiger partial charge >= 0.3 is 0 Å². The summed E-state index contributed by atoms with van der Waals surface area (Å²) in [7, 11) is 0. The van der Waals surface area contributed by atoms with Gasteiger partial charge in [0.2, 0.25) is 5.88 Å². The van der Waals surface area contributed by atoms with E-state index in [1.165, 1.54) is 0 Å². The number of nitrogens with two attached hydrogens (primary N) is 1. The van der Waals surface area contributed by atoms with Crippen molar-refractivity contribution in [3.05, 3.63) is 12.1 Å². The minimum Gasteiger partial charge on any atom is -0.470 e. The maximum Gasteiger partial charge on any atom is 0.239 e. The number of nitrogen functional groups attached to an aromatic ring is 1. The Morgan fingerprint density at radius 3 is 2.05 bits per heavy atom. The van der Waals surface area contributed by atoms with Crippen LogP contribution in [0.4, 0.5) is 11.5 Å². The van der Waals surface area contributed by atoms with Gasteiger partial charge in [-0.3, -0.25) is 0 Å². The number of aromatic nitrogens is 1. The number of ether oxygens (including phenoxy) is 1. The van der Waals surface area contributed by atoms with E-state index in [0.717, 1.165) is 18.9 Å². The zero-order chi connectivity index (χ0) is 16.2. The Hall–Kier alpha value is -1.45. The average Bonchev–Trinajstić information content (AvgIpc) is 2.28. The summed E-state index contributed by atoms with van der Waals surface area (Å²) in [6, 6.07) is 3.87. The summed E-state index contributed by atoms with van der Waals surface area (Å²) < 4.78 is 5.87. The van der Waals surface area contributed by atoms with E-state index in [9.17, 15) is 0 Å². The summed E-state index contributed by atoms with van der Waals surface area (Å²) in [5.41, 5.74) is 6.27. The molecule has 0 aromatic carbocycles. The van der Waals surface area contributed by atoms with Crippen molar-refractivity contribution in [2.75, 3.05) is 23.7 Å². The maximum atomic E-state index is 5.99. The topological polar surface area (TPSA) is 51.4 Å². The molecule has 0 spiro atoms. The molecule has 1 heterocycles. The highest BCUT2D eigenvalue weighted by Crippen LogP contribution is 2.27. The Labute approximate surface area is 129 Å². The molecule has 0 amide bonds. The molecule has 0 unspecified atom stereocenters. The number of hydrogen-bond donors (Lipinski definition) is 1. The molecule has 1 aromatic heterocycles. The van der Waals surface area contributed by atoms with Crippen molar-refractivity contribution in [3.8, 4) is 5.88 Å². The first-order chi connectivity index (χ1) is 9.58. The van der Waals surface area contributed by atoms with Crippen LogP contribution in [-0.2, 0) is 0 Å². The summed E-state index contributed by atoms with van der Waals surface area (Å²) in [6.07, 6.45) is 0. The van der Waals surface area contributed by atoms with Crippen LogP contribution >= 0.6 is 0 Å². The van der Waals surface area contributed by atoms with E-state index < -0.39 is 0 Å². The largest absolute Gasteiger partial charge is 0.470 e. The Bertz CT molecular complexity index is 440. The van der Waals surface area contributed by atoms with Gasteiger partial charge in [0.05, 0.1) is 5.69 Å². The van der Waals surface area contributed by atoms with Gasteiger partial charge in [-0.2, -0.15) is 4.98 Å². The molecule has 4 heteroatoms. The lowest BCUT2D eigenvalue weighted by atomic mass is 10.1. The first-order valence-electron chi connectivity index (χ1n) is 7.79. The van der Waals surface area contributed by atoms with Crippen LogP contribution in [0.25, 0.3) is 0 Å². The van der Waals surface area contributed by atoms with Crippen LogP contribution in [0, 0.1) is 11.8 Å². The molecular weight excluding hydrogens is 262 g/mol. The zero-order valence-electron chi connectivity index (χ0n) is 14.6. The van der Waals surface area contributed by atoms with Crippen LogP contribution in [0.1, 0.15) is 48.5 Å². The maximum absolute atomic E-state index is 5.99. The van der Waals surface area contributed by atoms with Crippen LogP contribution in [0.2, 0.25) is 0 Å². The van der Waals surface area contributed by atoms with Gasteiger partial charge in [0, 0.05) is 13.1 Å². The normalized spacial score (nSPS) is 12.0. The van der Waals surface area contributed by atoms with Crippen LogP contribution in [0.15, 0.2) is 12.1 Å². The number of anilines is 2. The van der Waals surface area contributed by atoms with Crippen molar-refractivity contribution in [1.82, 2.24) is 4.98 Å². The fraction of sp³-hybridized carbons (Fsp3) is 0.706. The molecule has 0 radical (unpaired) electrons. The van der Waals surface area contributed by atoms with Crippen molar-refractivity contribution in [2.24, 2.45) is 11.8 Å². The van der Waals surface area contributed by atoms with Gasteiger partial charge < -0.3 is 15.4 Å². The smallest absolute Gasteiger partial charge is 0.239 e. The summed E-state index contributed by atoms with van der Waals surface area (Å²) in [4.78, 5) is 6.95. The quantitative estimate of drug-likeness (QED) is 0.862. The molecule has 21 heavy (non-hydrogen) atoms. The number of rotatable bonds is 6. The predicted octanol–water partition coefficient (Wildman–Crippen LogP) is 3.96. The van der Waals surface area contributed by atoms with Gasteiger partial charge in [-0.1, -0.05) is 27.7 Å². The molecule has 0 saturated heterocycles. The van der Waals surface area contributed by atoms with Gasteiger partial charge in [0.15, 0.2) is 0 Å². The van der Waals surface area contributed by atoms with Crippen LogP contribution < -0.4 is 15.4 Å². The Morgan fingerprint density at radius 2 is 1.62 bits per heavy atom. The van der Waals surface area contributed by atoms with E-state index >= 15 is 0 Å². The van der Waals surface area contributed by atoms with Crippen molar-refractivity contribution in [1.29, 1.82) is 0 Å². The fourth-order valence-electron chi connectivity index (χ4n) is 2.13. The van der Waals surface area contributed by atoms with E-state index in [1.54, 1.807) is 0 Å². The summed E-state index contributed by atoms with van der Waals surface area (Å²) >= 11 is 0. The average molecular weight is 293 g/mol. The molecule has 4 nitrogen and oxygen atoms in total. The third kappa shape index (κ3) is 6.23. The number of hydrogen-bond acceptors (Lipinski definition) is 4. The molecule has 2 N–H and O–H groups in total. The van der Waals surface area contributed by atoms with Gasteiger partial charge in [-0.15, -0.1) is 0 Å². The number of pyridine rings is 1. The lowest BCUT2D eigenvalue weighted by molar-refractivity contribution is 0.125. The van der Waals surface area contributed by atoms with E-state index in [0.29, 0.717) is 23.4 Å². The molecule has 1 aromatic rings.